The van der Waals surface area contributed by atoms with Crippen molar-refractivity contribution in [2.24, 2.45) is 0 Å². The monoisotopic (exact) mass is 371 g/mol. The van der Waals surface area contributed by atoms with Gasteiger partial charge in [0.25, 0.3) is 5.56 Å². The van der Waals surface area contributed by atoms with E-state index >= 15 is 0 Å². The van der Waals surface area contributed by atoms with E-state index in [4.69, 9.17) is 0 Å². The Morgan fingerprint density at radius 1 is 1.22 bits per heavy atom. The molecule has 144 valence electrons. The van der Waals surface area contributed by atoms with Crippen LogP contribution in [-0.4, -0.2) is 45.1 Å². The number of rotatable bonds is 9. The van der Waals surface area contributed by atoms with Crippen LogP contribution in [-0.2, 0) is 11.3 Å². The zero-order chi connectivity index (χ0) is 19.2. The van der Waals surface area contributed by atoms with Crippen molar-refractivity contribution in [3.8, 4) is 0 Å². The molecule has 0 bridgehead atoms. The molecule has 0 aromatic carbocycles. The summed E-state index contributed by atoms with van der Waals surface area (Å²) in [5, 5.41) is 9.01. The third-order valence-corrected chi connectivity index (χ3v) is 4.15. The Labute approximate surface area is 157 Å². The highest BCUT2D eigenvalue weighted by Crippen LogP contribution is 2.38. The van der Waals surface area contributed by atoms with E-state index in [1.807, 2.05) is 19.9 Å². The first kappa shape index (κ1) is 18.8. The molecule has 9 heteroatoms. The smallest absolute Gasteiger partial charge is 0.254 e. The summed E-state index contributed by atoms with van der Waals surface area (Å²) in [4.78, 5) is 37.0. The summed E-state index contributed by atoms with van der Waals surface area (Å²) < 4.78 is 1.32. The van der Waals surface area contributed by atoms with E-state index in [1.54, 1.807) is 0 Å². The molecule has 1 fully saturated rings. The predicted octanol–water partition coefficient (Wildman–Crippen LogP) is 0.879. The van der Waals surface area contributed by atoms with E-state index in [2.05, 4.69) is 30.9 Å². The summed E-state index contributed by atoms with van der Waals surface area (Å²) >= 11 is 0. The van der Waals surface area contributed by atoms with Crippen LogP contribution in [0.25, 0.3) is 0 Å². The van der Waals surface area contributed by atoms with Crippen molar-refractivity contribution < 1.29 is 4.79 Å². The minimum absolute atomic E-state index is 0.0338. The van der Waals surface area contributed by atoms with Gasteiger partial charge in [-0.1, -0.05) is 0 Å². The number of carbonyl (C=O) groups is 1. The fourth-order valence-electron chi connectivity index (χ4n) is 2.66. The number of hydrogen-bond donors (Lipinski definition) is 3. The SMILES string of the molecule is CCNc1nc(C)cc(NCCNC(=O)Cn2cnc(C3CC3)cc2=O)n1. The van der Waals surface area contributed by atoms with Crippen LogP contribution in [0.4, 0.5) is 11.8 Å². The van der Waals surface area contributed by atoms with Gasteiger partial charge in [0.1, 0.15) is 12.4 Å². The van der Waals surface area contributed by atoms with Gasteiger partial charge in [0.2, 0.25) is 11.9 Å². The van der Waals surface area contributed by atoms with E-state index in [0.29, 0.717) is 30.8 Å². The number of amides is 1. The lowest BCUT2D eigenvalue weighted by Gasteiger charge is -2.10. The quantitative estimate of drug-likeness (QED) is 0.561. The van der Waals surface area contributed by atoms with Crippen molar-refractivity contribution in [1.29, 1.82) is 0 Å². The summed E-state index contributed by atoms with van der Waals surface area (Å²) in [6.45, 7) is 5.52. The van der Waals surface area contributed by atoms with Gasteiger partial charge in [-0.2, -0.15) is 4.98 Å². The zero-order valence-electron chi connectivity index (χ0n) is 15.7. The molecule has 1 aliphatic rings. The van der Waals surface area contributed by atoms with Gasteiger partial charge in [-0.3, -0.25) is 14.2 Å². The van der Waals surface area contributed by atoms with Crippen LogP contribution in [0.5, 0.6) is 0 Å². The molecule has 27 heavy (non-hydrogen) atoms. The van der Waals surface area contributed by atoms with Crippen LogP contribution >= 0.6 is 0 Å². The van der Waals surface area contributed by atoms with E-state index in [0.717, 1.165) is 30.8 Å². The second-order valence-corrected chi connectivity index (χ2v) is 6.58. The lowest BCUT2D eigenvalue weighted by molar-refractivity contribution is -0.121. The van der Waals surface area contributed by atoms with Crippen molar-refractivity contribution >= 4 is 17.7 Å². The maximum absolute atomic E-state index is 12.1. The number of nitrogens with one attached hydrogen (secondary N) is 3. The molecule has 3 rings (SSSR count). The molecule has 1 amide bonds. The predicted molar refractivity (Wildman–Crippen MR) is 103 cm³/mol. The molecule has 9 nitrogen and oxygen atoms in total. The average molecular weight is 371 g/mol. The molecule has 2 aromatic rings. The van der Waals surface area contributed by atoms with Crippen LogP contribution in [0.1, 0.15) is 37.1 Å². The topological polar surface area (TPSA) is 114 Å². The molecule has 0 atom stereocenters. The maximum Gasteiger partial charge on any atom is 0.254 e. The van der Waals surface area contributed by atoms with Crippen molar-refractivity contribution in [2.75, 3.05) is 30.3 Å². The molecule has 0 saturated heterocycles. The van der Waals surface area contributed by atoms with Crippen LogP contribution in [0, 0.1) is 6.92 Å². The number of hydrogen-bond acceptors (Lipinski definition) is 7. The largest absolute Gasteiger partial charge is 0.368 e. The summed E-state index contributed by atoms with van der Waals surface area (Å²) in [5.41, 5.74) is 1.50. The first-order chi connectivity index (χ1) is 13.0. The molecule has 0 spiro atoms. The first-order valence-electron chi connectivity index (χ1n) is 9.21. The summed E-state index contributed by atoms with van der Waals surface area (Å²) in [7, 11) is 0. The Balaban J connectivity index is 1.44. The molecule has 3 N–H and O–H groups in total. The second-order valence-electron chi connectivity index (χ2n) is 6.58. The normalized spacial score (nSPS) is 13.3. The van der Waals surface area contributed by atoms with E-state index in [9.17, 15) is 9.59 Å². The highest BCUT2D eigenvalue weighted by atomic mass is 16.2. The van der Waals surface area contributed by atoms with Crippen molar-refractivity contribution in [3.05, 3.63) is 40.2 Å². The minimum atomic E-state index is -0.230. The van der Waals surface area contributed by atoms with Crippen molar-refractivity contribution in [2.45, 2.75) is 39.2 Å². The fourth-order valence-corrected chi connectivity index (χ4v) is 2.66. The number of aromatic nitrogens is 4. The third kappa shape index (κ3) is 5.50. The minimum Gasteiger partial charge on any atom is -0.368 e. The number of nitrogens with zero attached hydrogens (tertiary/aromatic N) is 4. The summed E-state index contributed by atoms with van der Waals surface area (Å²) in [6, 6.07) is 3.38. The van der Waals surface area contributed by atoms with E-state index in [1.165, 1.54) is 17.0 Å². The number of anilines is 2. The zero-order valence-corrected chi connectivity index (χ0v) is 15.7. The van der Waals surface area contributed by atoms with E-state index in [-0.39, 0.29) is 18.0 Å². The second kappa shape index (κ2) is 8.61. The molecule has 1 saturated carbocycles. The lowest BCUT2D eigenvalue weighted by Crippen LogP contribution is -2.35. The van der Waals surface area contributed by atoms with Gasteiger partial charge in [-0.15, -0.1) is 0 Å². The molecular weight excluding hydrogens is 346 g/mol. The Morgan fingerprint density at radius 2 is 2.04 bits per heavy atom. The van der Waals surface area contributed by atoms with Gasteiger partial charge in [-0.25, -0.2) is 9.97 Å². The summed E-state index contributed by atoms with van der Waals surface area (Å²) in [5.74, 6) is 1.46. The molecule has 1 aliphatic carbocycles. The molecule has 0 unspecified atom stereocenters. The standard InChI is InChI=1S/C18H25N7O2/c1-3-19-18-23-12(2)8-15(24-18)20-6-7-21-16(26)10-25-11-22-14(9-17(25)27)13-4-5-13/h8-9,11,13H,3-7,10H2,1-2H3,(H,21,26)(H2,19,20,23,24). The number of carbonyl (C=O) groups excluding carboxylic acids is 1. The lowest BCUT2D eigenvalue weighted by atomic mass is 10.3. The fraction of sp³-hybridized carbons (Fsp3) is 0.500. The Morgan fingerprint density at radius 3 is 2.74 bits per heavy atom. The van der Waals surface area contributed by atoms with Gasteiger partial charge < -0.3 is 16.0 Å². The number of aryl methyl sites for hydroxylation is 1. The molecule has 2 aromatic heterocycles. The highest BCUT2D eigenvalue weighted by molar-refractivity contribution is 5.75. The van der Waals surface area contributed by atoms with Gasteiger partial charge >= 0.3 is 0 Å². The van der Waals surface area contributed by atoms with Gasteiger partial charge in [0, 0.05) is 43.4 Å². The first-order valence-corrected chi connectivity index (χ1v) is 9.21. The van der Waals surface area contributed by atoms with E-state index < -0.39 is 0 Å². The van der Waals surface area contributed by atoms with Gasteiger partial charge in [-0.05, 0) is 26.7 Å². The Bertz CT molecular complexity index is 861. The Hall–Kier alpha value is -2.97. The average Bonchev–Trinajstić information content (AvgIpc) is 3.45. The van der Waals surface area contributed by atoms with Crippen LogP contribution in [0.2, 0.25) is 0 Å². The molecule has 0 aliphatic heterocycles. The van der Waals surface area contributed by atoms with Crippen LogP contribution < -0.4 is 21.5 Å². The van der Waals surface area contributed by atoms with Crippen LogP contribution in [0.3, 0.4) is 0 Å². The molecular formula is C18H25N7O2. The van der Waals surface area contributed by atoms with Crippen LogP contribution in [0.15, 0.2) is 23.3 Å². The highest BCUT2D eigenvalue weighted by Gasteiger charge is 2.25. The molecule has 0 radical (unpaired) electrons. The van der Waals surface area contributed by atoms with Crippen molar-refractivity contribution in [3.63, 3.8) is 0 Å². The molecule has 2 heterocycles. The van der Waals surface area contributed by atoms with Crippen molar-refractivity contribution in [1.82, 2.24) is 24.8 Å². The third-order valence-electron chi connectivity index (χ3n) is 4.15. The van der Waals surface area contributed by atoms with Gasteiger partial charge in [0.15, 0.2) is 0 Å². The summed E-state index contributed by atoms with van der Waals surface area (Å²) in [6.07, 6.45) is 3.64. The Kier molecular flexibility index (Phi) is 6.00. The maximum atomic E-state index is 12.1. The van der Waals surface area contributed by atoms with Gasteiger partial charge in [0.05, 0.1) is 12.0 Å².